The largest absolute Gasteiger partial charge is 0.411 e. The van der Waals surface area contributed by atoms with Crippen LogP contribution in [-0.4, -0.2) is 27.6 Å². The van der Waals surface area contributed by atoms with Crippen molar-refractivity contribution < 1.29 is 15.2 Å². The predicted molar refractivity (Wildman–Crippen MR) is 46.5 cm³/mol. The van der Waals surface area contributed by atoms with E-state index >= 15 is 0 Å². The molecule has 0 saturated heterocycles. The van der Waals surface area contributed by atoms with Gasteiger partial charge in [0.1, 0.15) is 5.71 Å². The van der Waals surface area contributed by atoms with E-state index in [2.05, 4.69) is 10.3 Å². The van der Waals surface area contributed by atoms with Crippen molar-refractivity contribution in [2.75, 3.05) is 0 Å². The first-order chi connectivity index (χ1) is 6.00. The highest BCUT2D eigenvalue weighted by Crippen LogP contribution is 2.30. The first kappa shape index (κ1) is 9.70. The Kier molecular flexibility index (Phi) is 2.36. The summed E-state index contributed by atoms with van der Waals surface area (Å²) in [6.07, 6.45) is 0.750. The minimum atomic E-state index is -0.286. The Labute approximate surface area is 75.7 Å². The molecule has 72 valence electrons. The van der Waals surface area contributed by atoms with Crippen LogP contribution < -0.4 is 0 Å². The molecule has 0 aliphatic heterocycles. The standard InChI is InChI=1S/C8H12N2O3/c1-8(2)3-5(9-12)7(10-13)6(11)4-8/h12-13H,3-4H2,1-2H3/b9-5-,10-7-. The summed E-state index contributed by atoms with van der Waals surface area (Å²) in [5.74, 6) is -0.286. The van der Waals surface area contributed by atoms with E-state index in [9.17, 15) is 4.79 Å². The monoisotopic (exact) mass is 184 g/mol. The van der Waals surface area contributed by atoms with Crippen LogP contribution in [0.5, 0.6) is 0 Å². The molecule has 13 heavy (non-hydrogen) atoms. The molecule has 0 aromatic heterocycles. The van der Waals surface area contributed by atoms with Crippen LogP contribution in [0.2, 0.25) is 0 Å². The number of oxime groups is 2. The molecule has 0 heterocycles. The van der Waals surface area contributed by atoms with Gasteiger partial charge in [-0.3, -0.25) is 4.79 Å². The van der Waals surface area contributed by atoms with E-state index in [1.54, 1.807) is 0 Å². The van der Waals surface area contributed by atoms with E-state index in [-0.39, 0.29) is 22.6 Å². The molecule has 5 nitrogen and oxygen atoms in total. The molecule has 0 aromatic carbocycles. The van der Waals surface area contributed by atoms with Crippen LogP contribution in [0.3, 0.4) is 0 Å². The van der Waals surface area contributed by atoms with Gasteiger partial charge in [-0.05, 0) is 5.41 Å². The van der Waals surface area contributed by atoms with Gasteiger partial charge in [-0.1, -0.05) is 24.2 Å². The quantitative estimate of drug-likeness (QED) is 0.435. The lowest BCUT2D eigenvalue weighted by molar-refractivity contribution is -0.114. The average molecular weight is 184 g/mol. The van der Waals surface area contributed by atoms with Crippen LogP contribution in [0, 0.1) is 5.41 Å². The van der Waals surface area contributed by atoms with Crippen molar-refractivity contribution in [2.24, 2.45) is 15.7 Å². The predicted octanol–water partition coefficient (Wildman–Crippen LogP) is 1.04. The SMILES string of the molecule is CC1(C)CC(=O)C(=N\O)/C(=N\O)C1. The van der Waals surface area contributed by atoms with E-state index in [4.69, 9.17) is 10.4 Å². The minimum Gasteiger partial charge on any atom is -0.411 e. The minimum absolute atomic E-state index is 0.123. The van der Waals surface area contributed by atoms with Gasteiger partial charge < -0.3 is 10.4 Å². The molecule has 1 fully saturated rings. The third-order valence-corrected chi connectivity index (χ3v) is 2.04. The molecular formula is C8H12N2O3. The maximum absolute atomic E-state index is 11.3. The third-order valence-electron chi connectivity index (χ3n) is 2.04. The summed E-state index contributed by atoms with van der Waals surface area (Å²) in [4.78, 5) is 11.3. The summed E-state index contributed by atoms with van der Waals surface area (Å²) in [7, 11) is 0. The fraction of sp³-hybridized carbons (Fsp3) is 0.625. The van der Waals surface area contributed by atoms with Gasteiger partial charge in [0.15, 0.2) is 11.5 Å². The molecular weight excluding hydrogens is 172 g/mol. The smallest absolute Gasteiger partial charge is 0.187 e. The summed E-state index contributed by atoms with van der Waals surface area (Å²) >= 11 is 0. The maximum Gasteiger partial charge on any atom is 0.187 e. The van der Waals surface area contributed by atoms with Crippen molar-refractivity contribution in [3.63, 3.8) is 0 Å². The highest BCUT2D eigenvalue weighted by molar-refractivity contribution is 6.68. The molecule has 0 atom stereocenters. The van der Waals surface area contributed by atoms with Crippen molar-refractivity contribution in [2.45, 2.75) is 26.7 Å². The molecule has 0 spiro atoms. The average Bonchev–Trinajstić information content (AvgIpc) is 2.01. The number of hydrogen-bond acceptors (Lipinski definition) is 5. The van der Waals surface area contributed by atoms with E-state index in [0.717, 1.165) is 0 Å². The van der Waals surface area contributed by atoms with Crippen LogP contribution in [-0.2, 0) is 4.79 Å². The Morgan fingerprint density at radius 3 is 2.31 bits per heavy atom. The molecule has 0 unspecified atom stereocenters. The third kappa shape index (κ3) is 1.85. The van der Waals surface area contributed by atoms with Crippen LogP contribution in [0.1, 0.15) is 26.7 Å². The molecule has 0 amide bonds. The number of hydrogen-bond donors (Lipinski definition) is 2. The molecule has 0 radical (unpaired) electrons. The molecule has 2 N–H and O–H groups in total. The van der Waals surface area contributed by atoms with Crippen molar-refractivity contribution in [1.29, 1.82) is 0 Å². The van der Waals surface area contributed by atoms with Crippen molar-refractivity contribution >= 4 is 17.2 Å². The number of ketones is 1. The van der Waals surface area contributed by atoms with Gasteiger partial charge in [-0.15, -0.1) is 0 Å². The number of rotatable bonds is 0. The molecule has 5 heteroatoms. The Morgan fingerprint density at radius 2 is 1.85 bits per heavy atom. The summed E-state index contributed by atoms with van der Waals surface area (Å²) < 4.78 is 0. The second kappa shape index (κ2) is 3.16. The number of nitrogens with zero attached hydrogens (tertiary/aromatic N) is 2. The van der Waals surface area contributed by atoms with Gasteiger partial charge in [0, 0.05) is 12.8 Å². The van der Waals surface area contributed by atoms with Crippen molar-refractivity contribution in [3.05, 3.63) is 0 Å². The zero-order valence-corrected chi connectivity index (χ0v) is 7.61. The fourth-order valence-corrected chi connectivity index (χ4v) is 1.48. The number of carbonyl (C=O) groups excluding carboxylic acids is 1. The second-order valence-electron chi connectivity index (χ2n) is 3.94. The van der Waals surface area contributed by atoms with Crippen LogP contribution >= 0.6 is 0 Å². The van der Waals surface area contributed by atoms with Crippen LogP contribution in [0.15, 0.2) is 10.3 Å². The maximum atomic E-state index is 11.3. The Bertz CT molecular complexity index is 292. The van der Waals surface area contributed by atoms with Gasteiger partial charge in [0.2, 0.25) is 0 Å². The van der Waals surface area contributed by atoms with Gasteiger partial charge in [0.25, 0.3) is 0 Å². The molecule has 0 aromatic rings. The Balaban J connectivity index is 3.02. The number of Topliss-reactive ketones (excluding diaryl/α,β-unsaturated/α-hetero) is 1. The van der Waals surface area contributed by atoms with Crippen LogP contribution in [0.25, 0.3) is 0 Å². The molecule has 1 aliphatic carbocycles. The zero-order chi connectivity index (χ0) is 10.1. The summed E-state index contributed by atoms with van der Waals surface area (Å²) in [6, 6.07) is 0. The molecule has 1 rings (SSSR count). The van der Waals surface area contributed by atoms with Gasteiger partial charge in [0.05, 0.1) is 0 Å². The molecule has 0 bridgehead atoms. The fourth-order valence-electron chi connectivity index (χ4n) is 1.48. The van der Waals surface area contributed by atoms with Crippen molar-refractivity contribution in [1.82, 2.24) is 0 Å². The van der Waals surface area contributed by atoms with E-state index in [1.165, 1.54) is 0 Å². The zero-order valence-electron chi connectivity index (χ0n) is 7.61. The second-order valence-corrected chi connectivity index (χ2v) is 3.94. The summed E-state index contributed by atoms with van der Waals surface area (Å²) in [6.45, 7) is 3.79. The van der Waals surface area contributed by atoms with Crippen LogP contribution in [0.4, 0.5) is 0 Å². The Hall–Kier alpha value is -1.39. The molecule has 1 saturated carbocycles. The first-order valence-corrected chi connectivity index (χ1v) is 3.97. The lowest BCUT2D eigenvalue weighted by Crippen LogP contribution is -2.38. The Morgan fingerprint density at radius 1 is 1.23 bits per heavy atom. The first-order valence-electron chi connectivity index (χ1n) is 3.97. The summed E-state index contributed by atoms with van der Waals surface area (Å²) in [5.41, 5.74) is -0.196. The highest BCUT2D eigenvalue weighted by Gasteiger charge is 2.36. The van der Waals surface area contributed by atoms with E-state index in [1.807, 2.05) is 13.8 Å². The van der Waals surface area contributed by atoms with E-state index in [0.29, 0.717) is 12.8 Å². The number of carbonyl (C=O) groups is 1. The molecule has 1 aliphatic rings. The normalized spacial score (nSPS) is 28.3. The van der Waals surface area contributed by atoms with E-state index < -0.39 is 0 Å². The lowest BCUT2D eigenvalue weighted by Gasteiger charge is -2.28. The van der Waals surface area contributed by atoms with Gasteiger partial charge in [-0.2, -0.15) is 0 Å². The highest BCUT2D eigenvalue weighted by atomic mass is 16.4. The van der Waals surface area contributed by atoms with Gasteiger partial charge >= 0.3 is 0 Å². The lowest BCUT2D eigenvalue weighted by atomic mass is 9.75. The topological polar surface area (TPSA) is 82.2 Å². The summed E-state index contributed by atoms with van der Waals surface area (Å²) in [5, 5.41) is 22.9. The van der Waals surface area contributed by atoms with Crippen molar-refractivity contribution in [3.8, 4) is 0 Å². The van der Waals surface area contributed by atoms with Gasteiger partial charge in [-0.25, -0.2) is 0 Å².